The molecule has 18 heavy (non-hydrogen) atoms. The quantitative estimate of drug-likeness (QED) is 0.836. The number of nitrogens with zero attached hydrogens (tertiary/aromatic N) is 2. The van der Waals surface area contributed by atoms with E-state index >= 15 is 0 Å². The van der Waals surface area contributed by atoms with Crippen molar-refractivity contribution >= 4 is 0 Å². The summed E-state index contributed by atoms with van der Waals surface area (Å²) >= 11 is 0. The molecular weight excluding hydrogens is 230 g/mol. The van der Waals surface area contributed by atoms with Crippen molar-refractivity contribution in [2.75, 3.05) is 6.61 Å². The van der Waals surface area contributed by atoms with Gasteiger partial charge in [-0.05, 0) is 38.0 Å². The molecule has 2 saturated carbocycles. The van der Waals surface area contributed by atoms with Crippen molar-refractivity contribution in [2.24, 2.45) is 11.7 Å². The van der Waals surface area contributed by atoms with Gasteiger partial charge in [0.05, 0.1) is 18.8 Å². The van der Waals surface area contributed by atoms with Crippen LogP contribution in [-0.2, 0) is 11.2 Å². The Balaban J connectivity index is 1.47. The van der Waals surface area contributed by atoms with Gasteiger partial charge in [0.2, 0.25) is 5.89 Å². The molecule has 0 radical (unpaired) electrons. The van der Waals surface area contributed by atoms with E-state index in [4.69, 9.17) is 15.0 Å². The van der Waals surface area contributed by atoms with Crippen LogP contribution in [0.15, 0.2) is 4.52 Å². The van der Waals surface area contributed by atoms with Crippen molar-refractivity contribution in [1.29, 1.82) is 0 Å². The van der Waals surface area contributed by atoms with Gasteiger partial charge in [0, 0.05) is 6.42 Å². The highest BCUT2D eigenvalue weighted by Gasteiger charge is 2.23. The van der Waals surface area contributed by atoms with E-state index in [1.54, 1.807) is 0 Å². The summed E-state index contributed by atoms with van der Waals surface area (Å²) in [6, 6.07) is -0.260. The first kappa shape index (κ1) is 12.1. The second-order valence-corrected chi connectivity index (χ2v) is 5.54. The van der Waals surface area contributed by atoms with E-state index in [9.17, 15) is 0 Å². The van der Waals surface area contributed by atoms with Crippen molar-refractivity contribution in [3.8, 4) is 0 Å². The molecule has 0 spiro atoms. The smallest absolute Gasteiger partial charge is 0.226 e. The van der Waals surface area contributed by atoms with Crippen LogP contribution in [0.25, 0.3) is 0 Å². The zero-order chi connectivity index (χ0) is 12.4. The second-order valence-electron chi connectivity index (χ2n) is 5.54. The molecule has 5 nitrogen and oxygen atoms in total. The third-order valence-corrected chi connectivity index (χ3v) is 4.07. The SMILES string of the molecule is NC(COC1CCC1)c1noc(CC2CCC2)n1. The van der Waals surface area contributed by atoms with Crippen molar-refractivity contribution in [3.63, 3.8) is 0 Å². The van der Waals surface area contributed by atoms with Crippen LogP contribution >= 0.6 is 0 Å². The third-order valence-electron chi connectivity index (χ3n) is 4.07. The molecule has 1 aromatic rings. The molecule has 1 heterocycles. The Labute approximate surface area is 107 Å². The average molecular weight is 251 g/mol. The Morgan fingerprint density at radius 2 is 2.06 bits per heavy atom. The summed E-state index contributed by atoms with van der Waals surface area (Å²) in [5.41, 5.74) is 6.00. The number of hydrogen-bond donors (Lipinski definition) is 1. The predicted molar refractivity (Wildman–Crippen MR) is 65.9 cm³/mol. The van der Waals surface area contributed by atoms with Crippen LogP contribution in [0, 0.1) is 5.92 Å². The minimum Gasteiger partial charge on any atom is -0.376 e. The van der Waals surface area contributed by atoms with E-state index in [-0.39, 0.29) is 6.04 Å². The summed E-state index contributed by atoms with van der Waals surface area (Å²) < 4.78 is 10.9. The second kappa shape index (κ2) is 5.36. The fourth-order valence-corrected chi connectivity index (χ4v) is 2.30. The van der Waals surface area contributed by atoms with E-state index in [1.165, 1.54) is 25.7 Å². The molecule has 1 aromatic heterocycles. The lowest BCUT2D eigenvalue weighted by Gasteiger charge is -2.26. The van der Waals surface area contributed by atoms with E-state index < -0.39 is 0 Å². The molecule has 2 fully saturated rings. The zero-order valence-electron chi connectivity index (χ0n) is 10.7. The molecular formula is C13H21N3O2. The number of ether oxygens (including phenoxy) is 1. The summed E-state index contributed by atoms with van der Waals surface area (Å²) in [6.45, 7) is 0.493. The minimum absolute atomic E-state index is 0.260. The van der Waals surface area contributed by atoms with Crippen LogP contribution in [0.3, 0.4) is 0 Å². The van der Waals surface area contributed by atoms with Gasteiger partial charge in [-0.15, -0.1) is 0 Å². The van der Waals surface area contributed by atoms with Gasteiger partial charge >= 0.3 is 0 Å². The lowest BCUT2D eigenvalue weighted by atomic mass is 9.83. The molecule has 0 bridgehead atoms. The van der Waals surface area contributed by atoms with Gasteiger partial charge in [-0.3, -0.25) is 0 Å². The third kappa shape index (κ3) is 2.72. The van der Waals surface area contributed by atoms with Crippen LogP contribution in [0.2, 0.25) is 0 Å². The monoisotopic (exact) mass is 251 g/mol. The topological polar surface area (TPSA) is 74.2 Å². The number of nitrogens with two attached hydrogens (primary N) is 1. The highest BCUT2D eigenvalue weighted by atomic mass is 16.5. The summed E-state index contributed by atoms with van der Waals surface area (Å²) in [6.07, 6.45) is 8.80. The van der Waals surface area contributed by atoms with Gasteiger partial charge in [-0.1, -0.05) is 11.6 Å². The van der Waals surface area contributed by atoms with Crippen LogP contribution in [0.4, 0.5) is 0 Å². The number of hydrogen-bond acceptors (Lipinski definition) is 5. The first-order valence-electron chi connectivity index (χ1n) is 7.01. The maximum absolute atomic E-state index is 6.00. The van der Waals surface area contributed by atoms with Crippen LogP contribution < -0.4 is 5.73 Å². The molecule has 100 valence electrons. The lowest BCUT2D eigenvalue weighted by molar-refractivity contribution is -0.00549. The Bertz CT molecular complexity index is 385. The molecule has 0 saturated heterocycles. The van der Waals surface area contributed by atoms with Gasteiger partial charge in [-0.25, -0.2) is 0 Å². The molecule has 1 atom stereocenters. The van der Waals surface area contributed by atoms with Gasteiger partial charge in [0.1, 0.15) is 0 Å². The average Bonchev–Trinajstić information content (AvgIpc) is 2.69. The van der Waals surface area contributed by atoms with Crippen molar-refractivity contribution < 1.29 is 9.26 Å². The predicted octanol–water partition coefficient (Wildman–Crippen LogP) is 1.98. The molecule has 2 N–H and O–H groups in total. The molecule has 3 rings (SSSR count). The van der Waals surface area contributed by atoms with Crippen molar-refractivity contribution in [1.82, 2.24) is 10.1 Å². The van der Waals surface area contributed by atoms with E-state index in [2.05, 4.69) is 10.1 Å². The van der Waals surface area contributed by atoms with E-state index in [0.29, 0.717) is 18.5 Å². The fraction of sp³-hybridized carbons (Fsp3) is 0.846. The minimum atomic E-state index is -0.260. The highest BCUT2D eigenvalue weighted by molar-refractivity contribution is 4.95. The van der Waals surface area contributed by atoms with Crippen molar-refractivity contribution in [2.45, 2.75) is 57.1 Å². The summed E-state index contributed by atoms with van der Waals surface area (Å²) in [5, 5.41) is 3.96. The maximum atomic E-state index is 6.00. The Morgan fingerprint density at radius 3 is 2.67 bits per heavy atom. The van der Waals surface area contributed by atoms with Gasteiger partial charge in [-0.2, -0.15) is 4.98 Å². The first-order valence-corrected chi connectivity index (χ1v) is 7.01. The molecule has 2 aliphatic carbocycles. The molecule has 5 heteroatoms. The largest absolute Gasteiger partial charge is 0.376 e. The lowest BCUT2D eigenvalue weighted by Crippen LogP contribution is -2.27. The van der Waals surface area contributed by atoms with Gasteiger partial charge in [0.25, 0.3) is 0 Å². The fourth-order valence-electron chi connectivity index (χ4n) is 2.30. The summed E-state index contributed by atoms with van der Waals surface area (Å²) in [7, 11) is 0. The normalized spacial score (nSPS) is 22.5. The first-order chi connectivity index (χ1) is 8.81. The standard InChI is InChI=1S/C13H21N3O2/c14-11(8-17-10-5-2-6-10)13-15-12(18-16-13)7-9-3-1-4-9/h9-11H,1-8,14H2. The van der Waals surface area contributed by atoms with E-state index in [1.807, 2.05) is 0 Å². The van der Waals surface area contributed by atoms with Crippen LogP contribution in [-0.4, -0.2) is 22.9 Å². The molecule has 2 aliphatic rings. The number of rotatable bonds is 6. The maximum Gasteiger partial charge on any atom is 0.226 e. The van der Waals surface area contributed by atoms with Crippen LogP contribution in [0.1, 0.15) is 56.3 Å². The Morgan fingerprint density at radius 1 is 1.28 bits per heavy atom. The Hall–Kier alpha value is -0.940. The van der Waals surface area contributed by atoms with Gasteiger partial charge in [0.15, 0.2) is 5.82 Å². The molecule has 0 aliphatic heterocycles. The van der Waals surface area contributed by atoms with Crippen LogP contribution in [0.5, 0.6) is 0 Å². The van der Waals surface area contributed by atoms with E-state index in [0.717, 1.165) is 31.1 Å². The summed E-state index contributed by atoms with van der Waals surface area (Å²) in [4.78, 5) is 4.37. The molecule has 0 aromatic carbocycles. The highest BCUT2D eigenvalue weighted by Crippen LogP contribution is 2.29. The van der Waals surface area contributed by atoms with Gasteiger partial charge < -0.3 is 15.0 Å². The number of aromatic nitrogens is 2. The zero-order valence-corrected chi connectivity index (χ0v) is 10.7. The Kier molecular flexibility index (Phi) is 3.61. The van der Waals surface area contributed by atoms with Crippen molar-refractivity contribution in [3.05, 3.63) is 11.7 Å². The molecule has 1 unspecified atom stereocenters. The molecule has 0 amide bonds. The summed E-state index contributed by atoms with van der Waals surface area (Å²) in [5.74, 6) is 2.05.